The average molecular weight is 710 g/mol. The van der Waals surface area contributed by atoms with Crippen molar-refractivity contribution in [2.24, 2.45) is 0 Å². The molecule has 5 atom stereocenters. The Morgan fingerprint density at radius 1 is 0.468 bits per heavy atom. The Morgan fingerprint density at radius 2 is 0.915 bits per heavy atom. The normalized spacial score (nSPS) is 21.0. The van der Waals surface area contributed by atoms with E-state index in [-0.39, 0.29) is 28.8 Å². The fraction of sp³-hybridized carbons (Fsp3) is 0.268. The van der Waals surface area contributed by atoms with Gasteiger partial charge >= 0.3 is 0 Å². The van der Waals surface area contributed by atoms with Crippen LogP contribution < -0.4 is 0 Å². The van der Waals surface area contributed by atoms with E-state index in [9.17, 15) is 0 Å². The fourth-order valence-corrected chi connectivity index (χ4v) is 7.89. The van der Waals surface area contributed by atoms with Gasteiger partial charge in [-0.2, -0.15) is 0 Å². The van der Waals surface area contributed by atoms with Crippen LogP contribution in [0, 0.1) is 0 Å². The molecule has 0 spiro atoms. The van der Waals surface area contributed by atoms with Crippen molar-refractivity contribution in [3.8, 4) is 0 Å². The second-order valence-corrected chi connectivity index (χ2v) is 13.7. The Labute approximate surface area is 291 Å². The van der Waals surface area contributed by atoms with E-state index in [0.717, 1.165) is 27.6 Å². The lowest BCUT2D eigenvalue weighted by atomic mass is 9.95. The summed E-state index contributed by atoms with van der Waals surface area (Å²) in [5.41, 5.74) is 6.96. The molecule has 0 saturated carbocycles. The molecule has 6 rings (SSSR count). The zero-order valence-corrected chi connectivity index (χ0v) is 28.8. The van der Waals surface area contributed by atoms with E-state index in [2.05, 4.69) is 137 Å². The van der Waals surface area contributed by atoms with Crippen LogP contribution in [-0.2, 0) is 50.7 Å². The van der Waals surface area contributed by atoms with Crippen LogP contribution in [0.1, 0.15) is 38.6 Å². The highest BCUT2D eigenvalue weighted by molar-refractivity contribution is 9.08. The summed E-state index contributed by atoms with van der Waals surface area (Å²) in [6, 6.07) is 50.2. The Hall–Kier alpha value is -3.23. The van der Waals surface area contributed by atoms with Gasteiger partial charge in [-0.15, -0.1) is 11.8 Å². The van der Waals surface area contributed by atoms with Crippen LogP contribution in [0.15, 0.2) is 146 Å². The topological polar surface area (TPSA) is 36.9 Å². The first-order valence-electron chi connectivity index (χ1n) is 16.2. The number of hydrogen-bond donors (Lipinski definition) is 0. The summed E-state index contributed by atoms with van der Waals surface area (Å²) in [5, 5.41) is 0.784. The minimum atomic E-state index is -0.355. The highest BCUT2D eigenvalue weighted by Crippen LogP contribution is 2.47. The molecule has 0 amide bonds. The first-order valence-corrected chi connectivity index (χ1v) is 18.2. The van der Waals surface area contributed by atoms with Gasteiger partial charge in [0.2, 0.25) is 0 Å². The molecule has 1 saturated heterocycles. The van der Waals surface area contributed by atoms with Gasteiger partial charge in [-0.1, -0.05) is 162 Å². The molecule has 4 nitrogen and oxygen atoms in total. The molecular weight excluding hydrogens is 668 g/mol. The van der Waals surface area contributed by atoms with Crippen LogP contribution in [0.4, 0.5) is 0 Å². The molecule has 0 unspecified atom stereocenters. The number of ether oxygens (including phenoxy) is 4. The molecule has 0 aromatic heterocycles. The van der Waals surface area contributed by atoms with E-state index >= 15 is 0 Å². The number of benzene rings is 5. The van der Waals surface area contributed by atoms with Crippen LogP contribution in [0.3, 0.4) is 0 Å². The maximum atomic E-state index is 6.95. The number of alkyl halides is 1. The first kappa shape index (κ1) is 33.7. The molecule has 6 heteroatoms. The molecule has 1 aliphatic heterocycles. The monoisotopic (exact) mass is 708 g/mol. The highest BCUT2D eigenvalue weighted by Gasteiger charge is 2.48. The van der Waals surface area contributed by atoms with E-state index in [4.69, 9.17) is 18.9 Å². The average Bonchev–Trinajstić information content (AvgIpc) is 3.14. The maximum absolute atomic E-state index is 6.95. The van der Waals surface area contributed by atoms with Gasteiger partial charge < -0.3 is 18.9 Å². The van der Waals surface area contributed by atoms with Gasteiger partial charge in [0.05, 0.1) is 43.5 Å². The number of halogens is 1. The summed E-state index contributed by atoms with van der Waals surface area (Å²) in [5.74, 6) is 0. The summed E-state index contributed by atoms with van der Waals surface area (Å²) in [6.45, 7) is 2.47. The molecule has 1 aliphatic rings. The van der Waals surface area contributed by atoms with Crippen LogP contribution in [0.2, 0.25) is 0 Å². The van der Waals surface area contributed by atoms with Crippen molar-refractivity contribution in [2.75, 3.05) is 6.61 Å². The van der Waals surface area contributed by atoms with Crippen molar-refractivity contribution in [3.05, 3.63) is 179 Å². The maximum Gasteiger partial charge on any atom is 0.113 e. The molecule has 1 heterocycles. The van der Waals surface area contributed by atoms with Crippen molar-refractivity contribution in [2.45, 2.75) is 60.6 Å². The van der Waals surface area contributed by atoms with Crippen LogP contribution in [0.5, 0.6) is 0 Å². The molecule has 1 fully saturated rings. The Morgan fingerprint density at radius 3 is 1.43 bits per heavy atom. The zero-order chi connectivity index (χ0) is 32.1. The van der Waals surface area contributed by atoms with Crippen molar-refractivity contribution in [1.29, 1.82) is 0 Å². The predicted molar refractivity (Wildman–Crippen MR) is 194 cm³/mol. The van der Waals surface area contributed by atoms with Gasteiger partial charge in [-0.3, -0.25) is 0 Å². The molecule has 242 valence electrons. The summed E-state index contributed by atoms with van der Waals surface area (Å²) >= 11 is 5.55. The summed E-state index contributed by atoms with van der Waals surface area (Å²) < 4.78 is 27.2. The van der Waals surface area contributed by atoms with Crippen LogP contribution in [0.25, 0.3) is 0 Å². The highest BCUT2D eigenvalue weighted by atomic mass is 79.9. The lowest BCUT2D eigenvalue weighted by Gasteiger charge is -2.46. The third-order valence-electron chi connectivity index (χ3n) is 8.32. The Balaban J connectivity index is 1.35. The molecule has 0 N–H and O–H groups in total. The second kappa shape index (κ2) is 17.8. The van der Waals surface area contributed by atoms with Gasteiger partial charge in [0.15, 0.2) is 0 Å². The SMILES string of the molecule is BrCc1cccc([C@@H]2S[C@H](COCc3ccccc3)[C@@H](OCc3ccccc3)[C@H](OCc3ccccc3)[C@H]2OCc2ccccc2)c1. The third-order valence-corrected chi connectivity index (χ3v) is 10.6. The minimum Gasteiger partial charge on any atom is -0.376 e. The molecule has 0 bridgehead atoms. The van der Waals surface area contributed by atoms with Crippen molar-refractivity contribution >= 4 is 27.7 Å². The third kappa shape index (κ3) is 9.66. The quantitative estimate of drug-likeness (QED) is 0.101. The first-order chi connectivity index (χ1) is 23.3. The van der Waals surface area contributed by atoms with Gasteiger partial charge in [-0.05, 0) is 33.4 Å². The van der Waals surface area contributed by atoms with Crippen molar-refractivity contribution in [1.82, 2.24) is 0 Å². The summed E-state index contributed by atoms with van der Waals surface area (Å²) in [6.07, 6.45) is -0.913. The minimum absolute atomic E-state index is 0.000358. The lowest BCUT2D eigenvalue weighted by Crippen LogP contribution is -2.54. The number of rotatable bonds is 15. The van der Waals surface area contributed by atoms with Crippen LogP contribution in [-0.4, -0.2) is 30.2 Å². The molecule has 5 aromatic rings. The number of hydrogen-bond acceptors (Lipinski definition) is 5. The molecule has 47 heavy (non-hydrogen) atoms. The van der Waals surface area contributed by atoms with E-state index in [1.807, 2.05) is 36.0 Å². The van der Waals surface area contributed by atoms with Crippen molar-refractivity contribution in [3.63, 3.8) is 0 Å². The largest absolute Gasteiger partial charge is 0.376 e. The van der Waals surface area contributed by atoms with E-state index in [1.54, 1.807) is 0 Å². The standard InChI is InChI=1S/C41H41BrO4S/c42-25-35-22-13-23-36(24-35)41-40(46-29-34-20-11-4-12-21-34)39(45-28-33-18-9-3-10-19-33)38(44-27-32-16-7-2-8-17-32)37(47-41)30-43-26-31-14-5-1-6-15-31/h1-24,37-41H,25-30H2/t37-,38-,39+,40-,41+/m1/s1. The Kier molecular flexibility index (Phi) is 12.7. The Bertz CT molecular complexity index is 1610. The van der Waals surface area contributed by atoms with Gasteiger partial charge in [0, 0.05) is 5.33 Å². The molecule has 0 aliphatic carbocycles. The fourth-order valence-electron chi connectivity index (χ4n) is 5.91. The summed E-state index contributed by atoms with van der Waals surface area (Å²) in [7, 11) is 0. The summed E-state index contributed by atoms with van der Waals surface area (Å²) in [4.78, 5) is 0. The van der Waals surface area contributed by atoms with Crippen molar-refractivity contribution < 1.29 is 18.9 Å². The van der Waals surface area contributed by atoms with Gasteiger partial charge in [-0.25, -0.2) is 0 Å². The van der Waals surface area contributed by atoms with Gasteiger partial charge in [0.25, 0.3) is 0 Å². The number of thioether (sulfide) groups is 1. The second-order valence-electron chi connectivity index (χ2n) is 11.8. The smallest absolute Gasteiger partial charge is 0.113 e. The zero-order valence-electron chi connectivity index (χ0n) is 26.4. The molecule has 0 radical (unpaired) electrons. The van der Waals surface area contributed by atoms with Crippen LogP contribution >= 0.6 is 27.7 Å². The van der Waals surface area contributed by atoms with Gasteiger partial charge in [0.1, 0.15) is 18.3 Å². The van der Waals surface area contributed by atoms with E-state index in [0.29, 0.717) is 33.0 Å². The van der Waals surface area contributed by atoms with E-state index in [1.165, 1.54) is 11.1 Å². The lowest BCUT2D eigenvalue weighted by molar-refractivity contribution is -0.160. The van der Waals surface area contributed by atoms with E-state index < -0.39 is 0 Å². The molecular formula is C41H41BrO4S. The molecule has 5 aromatic carbocycles. The predicted octanol–water partition coefficient (Wildman–Crippen LogP) is 9.71.